The molecule has 0 radical (unpaired) electrons. The van der Waals surface area contributed by atoms with Crippen LogP contribution in [0, 0.1) is 0 Å². The van der Waals surface area contributed by atoms with Crippen molar-refractivity contribution in [3.8, 4) is 0 Å². The molecule has 2 N–H and O–H groups in total. The van der Waals surface area contributed by atoms with Gasteiger partial charge in [0.05, 0.1) is 16.6 Å². The molecule has 0 saturated heterocycles. The number of hydrogen-bond donors (Lipinski definition) is 1. The third kappa shape index (κ3) is 2.16. The van der Waals surface area contributed by atoms with Gasteiger partial charge in [0.2, 0.25) is 0 Å². The second kappa shape index (κ2) is 4.31. The maximum absolute atomic E-state index is 11.2. The van der Waals surface area contributed by atoms with Gasteiger partial charge in [-0.3, -0.25) is 4.79 Å². The number of carbonyl (C=O) groups is 1. The summed E-state index contributed by atoms with van der Waals surface area (Å²) >= 11 is 14.4. The smallest absolute Gasteiger partial charge is 0.178 e. The summed E-state index contributed by atoms with van der Waals surface area (Å²) in [7, 11) is 0. The van der Waals surface area contributed by atoms with Crippen LogP contribution in [0.15, 0.2) is 16.6 Å². The van der Waals surface area contributed by atoms with Crippen LogP contribution in [0.1, 0.15) is 10.4 Å². The summed E-state index contributed by atoms with van der Waals surface area (Å²) in [4.78, 5) is 11.2. The molecule has 0 aromatic heterocycles. The summed E-state index contributed by atoms with van der Waals surface area (Å²) in [5.41, 5.74) is 6.41. The van der Waals surface area contributed by atoms with Crippen molar-refractivity contribution in [3.05, 3.63) is 27.2 Å². The van der Waals surface area contributed by atoms with Gasteiger partial charge in [0.1, 0.15) is 0 Å². The van der Waals surface area contributed by atoms with Crippen molar-refractivity contribution in [1.29, 1.82) is 0 Å². The Morgan fingerprint density at radius 3 is 2.69 bits per heavy atom. The monoisotopic (exact) mass is 281 g/mol. The Morgan fingerprint density at radius 1 is 1.54 bits per heavy atom. The molecule has 0 fully saturated rings. The van der Waals surface area contributed by atoms with E-state index in [4.69, 9.17) is 28.9 Å². The molecule has 0 amide bonds. The van der Waals surface area contributed by atoms with Crippen LogP contribution >= 0.6 is 39.1 Å². The molecule has 0 aliphatic rings. The van der Waals surface area contributed by atoms with E-state index in [9.17, 15) is 4.79 Å². The molecule has 5 heteroatoms. The maximum atomic E-state index is 11.2. The lowest BCUT2D eigenvalue weighted by Crippen LogP contribution is -2.02. The van der Waals surface area contributed by atoms with Gasteiger partial charge in [0, 0.05) is 10.0 Å². The summed E-state index contributed by atoms with van der Waals surface area (Å²) < 4.78 is 0.500. The van der Waals surface area contributed by atoms with E-state index in [2.05, 4.69) is 15.9 Å². The molecule has 0 saturated carbocycles. The summed E-state index contributed by atoms with van der Waals surface area (Å²) in [5, 5.41) is 0.343. The van der Waals surface area contributed by atoms with Crippen molar-refractivity contribution in [2.24, 2.45) is 0 Å². The van der Waals surface area contributed by atoms with E-state index in [0.29, 0.717) is 20.7 Å². The summed E-state index contributed by atoms with van der Waals surface area (Å²) in [6.45, 7) is 0. The minimum atomic E-state index is -0.185. The first-order chi connectivity index (χ1) is 6.07. The number of rotatable bonds is 2. The van der Waals surface area contributed by atoms with Crippen LogP contribution < -0.4 is 5.73 Å². The zero-order valence-electron chi connectivity index (χ0n) is 6.48. The number of alkyl halides is 1. The fourth-order valence-corrected chi connectivity index (χ4v) is 1.74. The number of halogens is 3. The highest BCUT2D eigenvalue weighted by Gasteiger charge is 2.12. The van der Waals surface area contributed by atoms with E-state index >= 15 is 0 Å². The predicted octanol–water partition coefficient (Wildman–Crippen LogP) is 3.11. The van der Waals surface area contributed by atoms with Crippen molar-refractivity contribution >= 4 is 50.6 Å². The van der Waals surface area contributed by atoms with Crippen LogP contribution in [-0.2, 0) is 0 Å². The van der Waals surface area contributed by atoms with Crippen LogP contribution in [0.4, 0.5) is 5.69 Å². The number of benzene rings is 1. The minimum Gasteiger partial charge on any atom is -0.397 e. The van der Waals surface area contributed by atoms with Gasteiger partial charge in [0.15, 0.2) is 5.78 Å². The Morgan fingerprint density at radius 2 is 2.15 bits per heavy atom. The number of Topliss-reactive ketones (excluding diaryl/α,β-unsaturated/α-hetero) is 1. The first-order valence-corrected chi connectivity index (χ1v) is 5.11. The Hall–Kier alpha value is -0.250. The Balaban J connectivity index is 3.26. The van der Waals surface area contributed by atoms with Crippen LogP contribution in [0.5, 0.6) is 0 Å². The first kappa shape index (κ1) is 10.8. The largest absolute Gasteiger partial charge is 0.397 e. The zero-order valence-corrected chi connectivity index (χ0v) is 9.58. The van der Waals surface area contributed by atoms with E-state index in [1.54, 1.807) is 12.1 Å². The SMILES string of the molecule is Nc1ccc(C(=O)CCl)c(Br)c1Cl. The molecule has 1 aromatic rings. The number of nitrogens with two attached hydrogens (primary N) is 1. The molecule has 0 atom stereocenters. The maximum Gasteiger partial charge on any atom is 0.178 e. The number of ketones is 1. The van der Waals surface area contributed by atoms with Gasteiger partial charge in [-0.15, -0.1) is 11.6 Å². The third-order valence-corrected chi connectivity index (χ3v) is 3.24. The van der Waals surface area contributed by atoms with Crippen molar-refractivity contribution in [2.75, 3.05) is 11.6 Å². The summed E-state index contributed by atoms with van der Waals surface area (Å²) in [6, 6.07) is 3.17. The van der Waals surface area contributed by atoms with Gasteiger partial charge in [-0.1, -0.05) is 11.6 Å². The second-order valence-corrected chi connectivity index (χ2v) is 3.83. The molecule has 1 rings (SSSR count). The van der Waals surface area contributed by atoms with Crippen molar-refractivity contribution in [2.45, 2.75) is 0 Å². The topological polar surface area (TPSA) is 43.1 Å². The number of nitrogen functional groups attached to an aromatic ring is 1. The average molecular weight is 283 g/mol. The second-order valence-electron chi connectivity index (χ2n) is 2.39. The van der Waals surface area contributed by atoms with Gasteiger partial charge in [-0.05, 0) is 28.1 Å². The predicted molar refractivity (Wildman–Crippen MR) is 58.6 cm³/mol. The summed E-state index contributed by atoms with van der Waals surface area (Å²) in [5.74, 6) is -0.255. The molecule has 0 bridgehead atoms. The molecule has 70 valence electrons. The molecular formula is C8H6BrCl2NO. The first-order valence-electron chi connectivity index (χ1n) is 3.40. The van der Waals surface area contributed by atoms with Gasteiger partial charge in [-0.25, -0.2) is 0 Å². The highest BCUT2D eigenvalue weighted by molar-refractivity contribution is 9.10. The molecular weight excluding hydrogens is 277 g/mol. The van der Waals surface area contributed by atoms with Crippen LogP contribution in [0.3, 0.4) is 0 Å². The molecule has 1 aromatic carbocycles. The molecule has 0 heterocycles. The molecule has 0 spiro atoms. The standard InChI is InChI=1S/C8H6BrCl2NO/c9-7-4(6(13)3-10)1-2-5(12)8(7)11/h1-2H,3,12H2. The van der Waals surface area contributed by atoms with E-state index in [1.165, 1.54) is 0 Å². The van der Waals surface area contributed by atoms with Gasteiger partial charge >= 0.3 is 0 Å². The Bertz CT molecular complexity index is 354. The molecule has 2 nitrogen and oxygen atoms in total. The lowest BCUT2D eigenvalue weighted by molar-refractivity contribution is 0.102. The number of carbonyl (C=O) groups excluding carboxylic acids is 1. The normalized spacial score (nSPS) is 10.1. The highest BCUT2D eigenvalue weighted by atomic mass is 79.9. The number of hydrogen-bond acceptors (Lipinski definition) is 2. The molecule has 0 aliphatic carbocycles. The fraction of sp³-hybridized carbons (Fsp3) is 0.125. The highest BCUT2D eigenvalue weighted by Crippen LogP contribution is 2.31. The van der Waals surface area contributed by atoms with E-state index in [-0.39, 0.29) is 11.7 Å². The van der Waals surface area contributed by atoms with Crippen molar-refractivity contribution in [3.63, 3.8) is 0 Å². The van der Waals surface area contributed by atoms with Crippen molar-refractivity contribution < 1.29 is 4.79 Å². The quantitative estimate of drug-likeness (QED) is 0.515. The number of anilines is 1. The Kier molecular flexibility index (Phi) is 3.59. The minimum absolute atomic E-state index is 0.0706. The van der Waals surface area contributed by atoms with Gasteiger partial charge in [-0.2, -0.15) is 0 Å². The lowest BCUT2D eigenvalue weighted by Gasteiger charge is -2.05. The average Bonchev–Trinajstić information content (AvgIpc) is 2.13. The van der Waals surface area contributed by atoms with Crippen molar-refractivity contribution in [1.82, 2.24) is 0 Å². The molecule has 13 heavy (non-hydrogen) atoms. The van der Waals surface area contributed by atoms with Gasteiger partial charge in [0.25, 0.3) is 0 Å². The summed E-state index contributed by atoms with van der Waals surface area (Å²) in [6.07, 6.45) is 0. The van der Waals surface area contributed by atoms with Crippen LogP contribution in [0.2, 0.25) is 5.02 Å². The Labute approximate surface area is 94.1 Å². The molecule has 0 aliphatic heterocycles. The van der Waals surface area contributed by atoms with E-state index < -0.39 is 0 Å². The fourth-order valence-electron chi connectivity index (χ4n) is 0.852. The van der Waals surface area contributed by atoms with E-state index in [0.717, 1.165) is 0 Å². The molecule has 0 unspecified atom stereocenters. The van der Waals surface area contributed by atoms with Crippen LogP contribution in [-0.4, -0.2) is 11.7 Å². The zero-order chi connectivity index (χ0) is 10.0. The van der Waals surface area contributed by atoms with Crippen LogP contribution in [0.25, 0.3) is 0 Å². The van der Waals surface area contributed by atoms with Gasteiger partial charge < -0.3 is 5.73 Å². The lowest BCUT2D eigenvalue weighted by atomic mass is 10.1. The van der Waals surface area contributed by atoms with E-state index in [1.807, 2.05) is 0 Å². The third-order valence-electron chi connectivity index (χ3n) is 1.53.